The molecule has 35 heavy (non-hydrogen) atoms. The quantitative estimate of drug-likeness (QED) is 0.504. The van der Waals surface area contributed by atoms with Crippen molar-refractivity contribution in [2.45, 2.75) is 50.1 Å². The number of carbonyl (C=O) groups excluding carboxylic acids is 2. The van der Waals surface area contributed by atoms with Gasteiger partial charge in [0.1, 0.15) is 12.6 Å². The third-order valence-corrected chi connectivity index (χ3v) is 6.97. The summed E-state index contributed by atoms with van der Waals surface area (Å²) in [6, 6.07) is 14.8. The van der Waals surface area contributed by atoms with Gasteiger partial charge < -0.3 is 25.2 Å². The van der Waals surface area contributed by atoms with E-state index in [2.05, 4.69) is 22.8 Å². The molecule has 2 aromatic carbocycles. The molecular weight excluding hydrogens is 448 g/mol. The van der Waals surface area contributed by atoms with Crippen LogP contribution >= 0.6 is 0 Å². The number of carboxylic acid groups (broad SMARTS) is 1. The van der Waals surface area contributed by atoms with Gasteiger partial charge in [-0.1, -0.05) is 61.4 Å². The molecule has 0 saturated heterocycles. The monoisotopic (exact) mass is 480 g/mol. The summed E-state index contributed by atoms with van der Waals surface area (Å²) in [5.41, 5.74) is 4.48. The van der Waals surface area contributed by atoms with Crippen LogP contribution in [0.2, 0.25) is 0 Å². The number of ether oxygens (including phenoxy) is 2. The standard InChI is InChI=1S/C27H32N2O6/c1-34-15-14-24(25(30)28-23-13-7-6-12-21(23)26(31)32)29-27(33)35-16-22-19-10-4-2-8-17(19)18-9-3-5-11-20(18)22/h2-5,8-11,21-24H,6-7,12-16H2,1H3,(H,28,30)(H,29,33)(H,31,32)/t21-,23+,24?/m1/s1. The molecule has 0 radical (unpaired) electrons. The lowest BCUT2D eigenvalue weighted by Crippen LogP contribution is -2.53. The van der Waals surface area contributed by atoms with E-state index in [0.29, 0.717) is 12.8 Å². The molecule has 2 amide bonds. The fourth-order valence-electron chi connectivity index (χ4n) is 5.17. The minimum atomic E-state index is -0.909. The Labute approximate surface area is 205 Å². The largest absolute Gasteiger partial charge is 0.481 e. The fraction of sp³-hybridized carbons (Fsp3) is 0.444. The van der Waals surface area contributed by atoms with Crippen LogP contribution in [0.15, 0.2) is 48.5 Å². The van der Waals surface area contributed by atoms with Crippen molar-refractivity contribution in [3.05, 3.63) is 59.7 Å². The van der Waals surface area contributed by atoms with Gasteiger partial charge in [0.25, 0.3) is 0 Å². The van der Waals surface area contributed by atoms with Crippen molar-refractivity contribution in [2.75, 3.05) is 20.3 Å². The summed E-state index contributed by atoms with van der Waals surface area (Å²) >= 11 is 0. The number of hydrogen-bond donors (Lipinski definition) is 3. The minimum absolute atomic E-state index is 0.0852. The first kappa shape index (κ1) is 24.7. The van der Waals surface area contributed by atoms with Gasteiger partial charge in [0, 0.05) is 32.1 Å². The van der Waals surface area contributed by atoms with Crippen LogP contribution in [-0.4, -0.2) is 55.5 Å². The number of amides is 2. The zero-order valence-electron chi connectivity index (χ0n) is 19.9. The second kappa shape index (κ2) is 11.4. The molecule has 8 nitrogen and oxygen atoms in total. The van der Waals surface area contributed by atoms with E-state index < -0.39 is 36.0 Å². The molecule has 3 N–H and O–H groups in total. The molecule has 2 aliphatic carbocycles. The van der Waals surface area contributed by atoms with E-state index in [-0.39, 0.29) is 25.6 Å². The van der Waals surface area contributed by atoms with E-state index in [1.165, 1.54) is 7.11 Å². The SMILES string of the molecule is COCCC(NC(=O)OCC1c2ccccc2-c2ccccc21)C(=O)N[C@H]1CCCC[C@H]1C(=O)O. The lowest BCUT2D eigenvalue weighted by Gasteiger charge is -2.30. The topological polar surface area (TPSA) is 114 Å². The van der Waals surface area contributed by atoms with Crippen LogP contribution < -0.4 is 10.6 Å². The average Bonchev–Trinajstić information content (AvgIpc) is 3.19. The molecule has 0 heterocycles. The Balaban J connectivity index is 1.39. The van der Waals surface area contributed by atoms with Gasteiger partial charge >= 0.3 is 12.1 Å². The number of fused-ring (bicyclic) bond motifs is 3. The van der Waals surface area contributed by atoms with E-state index >= 15 is 0 Å². The Morgan fingerprint density at radius 2 is 1.63 bits per heavy atom. The van der Waals surface area contributed by atoms with Gasteiger partial charge in [-0.15, -0.1) is 0 Å². The Kier molecular flexibility index (Phi) is 8.02. The molecule has 1 saturated carbocycles. The summed E-state index contributed by atoms with van der Waals surface area (Å²) in [6.07, 6.45) is 2.37. The summed E-state index contributed by atoms with van der Waals surface area (Å²) < 4.78 is 10.7. The van der Waals surface area contributed by atoms with Crippen molar-refractivity contribution in [2.24, 2.45) is 5.92 Å². The fourth-order valence-corrected chi connectivity index (χ4v) is 5.17. The van der Waals surface area contributed by atoms with Crippen molar-refractivity contribution >= 4 is 18.0 Å². The van der Waals surface area contributed by atoms with E-state index in [0.717, 1.165) is 35.1 Å². The first-order valence-electron chi connectivity index (χ1n) is 12.1. The lowest BCUT2D eigenvalue weighted by molar-refractivity contribution is -0.144. The molecule has 0 aliphatic heterocycles. The van der Waals surface area contributed by atoms with E-state index in [1.54, 1.807) is 0 Å². The molecule has 4 rings (SSSR count). The normalized spacial score (nSPS) is 19.8. The van der Waals surface area contributed by atoms with Crippen molar-refractivity contribution in [1.82, 2.24) is 10.6 Å². The van der Waals surface area contributed by atoms with Crippen molar-refractivity contribution in [1.29, 1.82) is 0 Å². The number of carboxylic acids is 1. The Hall–Kier alpha value is -3.39. The third-order valence-electron chi connectivity index (χ3n) is 6.97. The van der Waals surface area contributed by atoms with Gasteiger partial charge in [-0.2, -0.15) is 0 Å². The first-order chi connectivity index (χ1) is 17.0. The van der Waals surface area contributed by atoms with Gasteiger partial charge in [-0.3, -0.25) is 9.59 Å². The third kappa shape index (κ3) is 5.65. The van der Waals surface area contributed by atoms with Crippen LogP contribution in [0.4, 0.5) is 4.79 Å². The predicted molar refractivity (Wildman–Crippen MR) is 130 cm³/mol. The van der Waals surface area contributed by atoms with E-state index in [4.69, 9.17) is 9.47 Å². The molecular formula is C27H32N2O6. The van der Waals surface area contributed by atoms with Crippen LogP contribution in [0.1, 0.15) is 49.1 Å². The maximum atomic E-state index is 13.0. The molecule has 2 aromatic rings. The first-order valence-corrected chi connectivity index (χ1v) is 12.1. The summed E-state index contributed by atoms with van der Waals surface area (Å²) in [4.78, 5) is 37.3. The molecule has 0 bridgehead atoms. The summed E-state index contributed by atoms with van der Waals surface area (Å²) in [7, 11) is 1.52. The molecule has 2 aliphatic rings. The van der Waals surface area contributed by atoms with Gasteiger partial charge in [-0.05, 0) is 35.1 Å². The van der Waals surface area contributed by atoms with Crippen LogP contribution in [-0.2, 0) is 19.1 Å². The number of aliphatic carboxylic acids is 1. The van der Waals surface area contributed by atoms with Gasteiger partial charge in [0.15, 0.2) is 0 Å². The number of benzene rings is 2. The summed E-state index contributed by atoms with van der Waals surface area (Å²) in [5.74, 6) is -2.04. The van der Waals surface area contributed by atoms with Crippen LogP contribution in [0, 0.1) is 5.92 Å². The van der Waals surface area contributed by atoms with Crippen molar-refractivity contribution < 1.29 is 29.0 Å². The zero-order chi connectivity index (χ0) is 24.8. The number of nitrogens with one attached hydrogen (secondary N) is 2. The molecule has 1 fully saturated rings. The minimum Gasteiger partial charge on any atom is -0.481 e. The van der Waals surface area contributed by atoms with Crippen LogP contribution in [0.3, 0.4) is 0 Å². The number of carbonyl (C=O) groups is 3. The lowest BCUT2D eigenvalue weighted by atomic mass is 9.84. The molecule has 0 spiro atoms. The Bertz CT molecular complexity index is 1030. The summed E-state index contributed by atoms with van der Waals surface area (Å²) in [5, 5.41) is 15.0. The molecule has 0 aromatic heterocycles. The molecule has 8 heteroatoms. The second-order valence-electron chi connectivity index (χ2n) is 9.15. The highest BCUT2D eigenvalue weighted by atomic mass is 16.5. The number of rotatable bonds is 9. The van der Waals surface area contributed by atoms with Crippen molar-refractivity contribution in [3.8, 4) is 11.1 Å². The molecule has 3 atom stereocenters. The number of alkyl carbamates (subject to hydrolysis) is 1. The maximum Gasteiger partial charge on any atom is 0.407 e. The van der Waals surface area contributed by atoms with Crippen LogP contribution in [0.5, 0.6) is 0 Å². The van der Waals surface area contributed by atoms with Gasteiger partial charge in [-0.25, -0.2) is 4.79 Å². The highest BCUT2D eigenvalue weighted by Crippen LogP contribution is 2.44. The average molecular weight is 481 g/mol. The number of hydrogen-bond acceptors (Lipinski definition) is 5. The maximum absolute atomic E-state index is 13.0. The van der Waals surface area contributed by atoms with E-state index in [1.807, 2.05) is 36.4 Å². The zero-order valence-corrected chi connectivity index (χ0v) is 19.9. The molecule has 186 valence electrons. The second-order valence-corrected chi connectivity index (χ2v) is 9.15. The predicted octanol–water partition coefficient (Wildman–Crippen LogP) is 3.69. The van der Waals surface area contributed by atoms with Gasteiger partial charge in [0.05, 0.1) is 5.92 Å². The van der Waals surface area contributed by atoms with E-state index in [9.17, 15) is 19.5 Å². The number of methoxy groups -OCH3 is 1. The molecule has 1 unspecified atom stereocenters. The van der Waals surface area contributed by atoms with Gasteiger partial charge in [0.2, 0.25) is 5.91 Å². The van der Waals surface area contributed by atoms with Crippen LogP contribution in [0.25, 0.3) is 11.1 Å². The van der Waals surface area contributed by atoms with Crippen molar-refractivity contribution in [3.63, 3.8) is 0 Å². The highest BCUT2D eigenvalue weighted by molar-refractivity contribution is 5.86. The Morgan fingerprint density at radius 3 is 2.26 bits per heavy atom. The smallest absolute Gasteiger partial charge is 0.407 e. The highest BCUT2D eigenvalue weighted by Gasteiger charge is 2.34. The summed E-state index contributed by atoms with van der Waals surface area (Å²) in [6.45, 7) is 0.400. The Morgan fingerprint density at radius 1 is 1.00 bits per heavy atom.